The monoisotopic (exact) mass is 248 g/mol. The van der Waals surface area contributed by atoms with Crippen LogP contribution in [0.4, 0.5) is 8.78 Å². The molecule has 96 valence electrons. The minimum Gasteiger partial charge on any atom is -0.458 e. The number of alkyl halides is 2. The maximum atomic E-state index is 12.8. The zero-order valence-electron chi connectivity index (χ0n) is 9.66. The Hall–Kier alpha value is -1.20. The fourth-order valence-electron chi connectivity index (χ4n) is 2.29. The first-order valence-electron chi connectivity index (χ1n) is 5.54. The van der Waals surface area contributed by atoms with E-state index in [1.165, 1.54) is 6.92 Å². The largest absolute Gasteiger partial charge is 0.458 e. The van der Waals surface area contributed by atoms with Crippen molar-refractivity contribution in [2.24, 2.45) is 5.92 Å². The molecule has 3 atom stereocenters. The molecule has 2 bridgehead atoms. The average Bonchev–Trinajstić information content (AvgIpc) is 2.51. The lowest BCUT2D eigenvalue weighted by Crippen LogP contribution is -2.48. The van der Waals surface area contributed by atoms with Crippen molar-refractivity contribution in [1.29, 1.82) is 0 Å². The SMILES string of the molecule is CC(F)(F)C(=O)OC1(C)CCC2CC1OC2=O. The number of esters is 2. The number of halogens is 2. The van der Waals surface area contributed by atoms with E-state index in [9.17, 15) is 18.4 Å². The van der Waals surface area contributed by atoms with E-state index in [-0.39, 0.29) is 11.9 Å². The van der Waals surface area contributed by atoms with Crippen molar-refractivity contribution in [3.05, 3.63) is 0 Å². The predicted molar refractivity (Wildman–Crippen MR) is 52.3 cm³/mol. The Balaban J connectivity index is 2.10. The molecule has 0 radical (unpaired) electrons. The highest BCUT2D eigenvalue weighted by Crippen LogP contribution is 2.43. The molecule has 1 aliphatic heterocycles. The molecule has 1 aliphatic carbocycles. The van der Waals surface area contributed by atoms with E-state index in [0.29, 0.717) is 26.2 Å². The van der Waals surface area contributed by atoms with Crippen LogP contribution in [-0.4, -0.2) is 29.6 Å². The van der Waals surface area contributed by atoms with Gasteiger partial charge in [-0.2, -0.15) is 8.78 Å². The summed E-state index contributed by atoms with van der Waals surface area (Å²) in [5.74, 6) is -5.59. The van der Waals surface area contributed by atoms with Crippen molar-refractivity contribution in [3.8, 4) is 0 Å². The summed E-state index contributed by atoms with van der Waals surface area (Å²) in [7, 11) is 0. The van der Waals surface area contributed by atoms with Crippen LogP contribution in [0.3, 0.4) is 0 Å². The van der Waals surface area contributed by atoms with Gasteiger partial charge in [-0.1, -0.05) is 0 Å². The highest BCUT2D eigenvalue weighted by Gasteiger charge is 2.54. The van der Waals surface area contributed by atoms with Crippen LogP contribution < -0.4 is 0 Å². The highest BCUT2D eigenvalue weighted by atomic mass is 19.3. The Kier molecular flexibility index (Phi) is 2.63. The molecule has 17 heavy (non-hydrogen) atoms. The minimum atomic E-state index is -3.53. The molecule has 0 aromatic heterocycles. The summed E-state index contributed by atoms with van der Waals surface area (Å²) >= 11 is 0. The third-order valence-corrected chi connectivity index (χ3v) is 3.44. The van der Waals surface area contributed by atoms with E-state index in [1.807, 2.05) is 0 Å². The Bertz CT molecular complexity index is 363. The lowest BCUT2D eigenvalue weighted by atomic mass is 9.80. The van der Waals surface area contributed by atoms with Crippen LogP contribution in [0.1, 0.15) is 33.1 Å². The van der Waals surface area contributed by atoms with Crippen LogP contribution >= 0.6 is 0 Å². The molecule has 2 rings (SSSR count). The second-order valence-corrected chi connectivity index (χ2v) is 4.99. The van der Waals surface area contributed by atoms with Crippen LogP contribution in [0, 0.1) is 5.92 Å². The minimum absolute atomic E-state index is 0.172. The average molecular weight is 248 g/mol. The van der Waals surface area contributed by atoms with Crippen LogP contribution in [0.2, 0.25) is 0 Å². The van der Waals surface area contributed by atoms with Gasteiger partial charge in [0.1, 0.15) is 11.7 Å². The molecule has 1 saturated carbocycles. The first-order chi connectivity index (χ1) is 7.72. The summed E-state index contributed by atoms with van der Waals surface area (Å²) in [6.45, 7) is 2.03. The van der Waals surface area contributed by atoms with E-state index in [2.05, 4.69) is 0 Å². The maximum Gasteiger partial charge on any atom is 0.377 e. The summed E-state index contributed by atoms with van der Waals surface area (Å²) in [5.41, 5.74) is -1.13. The summed E-state index contributed by atoms with van der Waals surface area (Å²) in [5, 5.41) is 0. The highest BCUT2D eigenvalue weighted by molar-refractivity contribution is 5.78. The van der Waals surface area contributed by atoms with Gasteiger partial charge in [-0.15, -0.1) is 0 Å². The molecule has 1 saturated heterocycles. The zero-order valence-corrected chi connectivity index (χ0v) is 9.66. The number of rotatable bonds is 2. The third-order valence-electron chi connectivity index (χ3n) is 3.44. The molecule has 4 nitrogen and oxygen atoms in total. The first-order valence-corrected chi connectivity index (χ1v) is 5.54. The molecule has 6 heteroatoms. The van der Waals surface area contributed by atoms with E-state index < -0.39 is 23.6 Å². The Morgan fingerprint density at radius 3 is 2.82 bits per heavy atom. The lowest BCUT2D eigenvalue weighted by Gasteiger charge is -2.36. The summed E-state index contributed by atoms with van der Waals surface area (Å²) in [6, 6.07) is 0. The molecule has 3 unspecified atom stereocenters. The van der Waals surface area contributed by atoms with Gasteiger partial charge in [-0.3, -0.25) is 4.79 Å². The van der Waals surface area contributed by atoms with Crippen molar-refractivity contribution in [2.75, 3.05) is 0 Å². The van der Waals surface area contributed by atoms with Crippen molar-refractivity contribution in [2.45, 2.75) is 50.7 Å². The number of carbonyl (C=O) groups is 2. The summed E-state index contributed by atoms with van der Waals surface area (Å²) < 4.78 is 35.5. The quantitative estimate of drug-likeness (QED) is 0.697. The van der Waals surface area contributed by atoms with Crippen molar-refractivity contribution in [1.82, 2.24) is 0 Å². The van der Waals surface area contributed by atoms with Gasteiger partial charge in [0, 0.05) is 13.3 Å². The molecule has 0 aromatic carbocycles. The fourth-order valence-corrected chi connectivity index (χ4v) is 2.29. The Morgan fingerprint density at radius 2 is 2.24 bits per heavy atom. The number of carbonyl (C=O) groups excluding carboxylic acids is 2. The molecule has 0 spiro atoms. The summed E-state index contributed by atoms with van der Waals surface area (Å²) in [4.78, 5) is 22.5. The van der Waals surface area contributed by atoms with Crippen LogP contribution in [-0.2, 0) is 19.1 Å². The normalized spacial score (nSPS) is 36.6. The van der Waals surface area contributed by atoms with E-state index in [4.69, 9.17) is 9.47 Å². The van der Waals surface area contributed by atoms with Crippen LogP contribution in [0.25, 0.3) is 0 Å². The fraction of sp³-hybridized carbons (Fsp3) is 0.818. The first kappa shape index (κ1) is 12.3. The smallest absolute Gasteiger partial charge is 0.377 e. The van der Waals surface area contributed by atoms with E-state index in [0.717, 1.165) is 0 Å². The van der Waals surface area contributed by atoms with Gasteiger partial charge < -0.3 is 9.47 Å². The standard InChI is InChI=1S/C11H14F2O4/c1-10(17-9(15)11(2,12)13)4-3-6-5-7(10)16-8(6)14/h6-7H,3-5H2,1-2H3. The van der Waals surface area contributed by atoms with Gasteiger partial charge in [0.15, 0.2) is 0 Å². The third kappa shape index (κ3) is 2.12. The molecule has 0 aromatic rings. The number of fused-ring (bicyclic) bond motifs is 2. The Labute approximate surface area is 97.3 Å². The van der Waals surface area contributed by atoms with Gasteiger partial charge in [0.05, 0.1) is 5.92 Å². The maximum absolute atomic E-state index is 12.8. The second-order valence-electron chi connectivity index (χ2n) is 4.99. The molecule has 2 aliphatic rings. The number of hydrogen-bond acceptors (Lipinski definition) is 4. The van der Waals surface area contributed by atoms with Crippen LogP contribution in [0.5, 0.6) is 0 Å². The van der Waals surface area contributed by atoms with Gasteiger partial charge in [-0.05, 0) is 19.8 Å². The van der Waals surface area contributed by atoms with Gasteiger partial charge in [0.25, 0.3) is 0 Å². The Morgan fingerprint density at radius 1 is 1.59 bits per heavy atom. The lowest BCUT2D eigenvalue weighted by molar-refractivity contribution is -0.198. The molecule has 1 heterocycles. The van der Waals surface area contributed by atoms with Gasteiger partial charge >= 0.3 is 17.9 Å². The number of hydrogen-bond donors (Lipinski definition) is 0. The summed E-state index contributed by atoms with van der Waals surface area (Å²) in [6.07, 6.45) is 0.724. The predicted octanol–water partition coefficient (Wildman–Crippen LogP) is 1.67. The van der Waals surface area contributed by atoms with Crippen LogP contribution in [0.15, 0.2) is 0 Å². The van der Waals surface area contributed by atoms with Gasteiger partial charge in [0.2, 0.25) is 0 Å². The molecule has 0 amide bonds. The van der Waals surface area contributed by atoms with E-state index in [1.54, 1.807) is 0 Å². The molecular formula is C11H14F2O4. The molecular weight excluding hydrogens is 234 g/mol. The van der Waals surface area contributed by atoms with E-state index >= 15 is 0 Å². The topological polar surface area (TPSA) is 52.6 Å². The van der Waals surface area contributed by atoms with Gasteiger partial charge in [-0.25, -0.2) is 4.79 Å². The van der Waals surface area contributed by atoms with Crippen molar-refractivity contribution < 1.29 is 27.8 Å². The second kappa shape index (κ2) is 3.65. The van der Waals surface area contributed by atoms with Crippen molar-refractivity contribution >= 4 is 11.9 Å². The molecule has 0 N–H and O–H groups in total. The zero-order chi connectivity index (χ0) is 12.8. The number of ether oxygens (including phenoxy) is 2. The van der Waals surface area contributed by atoms with Crippen molar-refractivity contribution in [3.63, 3.8) is 0 Å². The molecule has 2 fully saturated rings.